The maximum absolute atomic E-state index is 2.39. The Labute approximate surface area is 84.4 Å². The molecule has 0 aromatic carbocycles. The molecule has 0 fully saturated rings. The van der Waals surface area contributed by atoms with Crippen LogP contribution in [0.5, 0.6) is 0 Å². The van der Waals surface area contributed by atoms with Crippen molar-refractivity contribution in [1.29, 1.82) is 0 Å². The molecule has 0 aliphatic rings. The highest BCUT2D eigenvalue weighted by Crippen LogP contribution is 2.16. The summed E-state index contributed by atoms with van der Waals surface area (Å²) in [7, 11) is 0. The van der Waals surface area contributed by atoms with Crippen LogP contribution in [0.25, 0.3) is 0 Å². The lowest BCUT2D eigenvalue weighted by Crippen LogP contribution is -2.02. The second kappa shape index (κ2) is 8.34. The molecule has 78 valence electrons. The van der Waals surface area contributed by atoms with E-state index < -0.39 is 0 Å². The van der Waals surface area contributed by atoms with Crippen molar-refractivity contribution in [3.8, 4) is 0 Å². The quantitative estimate of drug-likeness (QED) is 0.392. The molecule has 0 heteroatoms. The van der Waals surface area contributed by atoms with Crippen molar-refractivity contribution in [2.24, 2.45) is 11.8 Å². The summed E-state index contributed by atoms with van der Waals surface area (Å²) in [5, 5.41) is 0. The van der Waals surface area contributed by atoms with Crippen LogP contribution in [-0.2, 0) is 0 Å². The monoisotopic (exact) mass is 182 g/mol. The lowest BCUT2D eigenvalue weighted by molar-refractivity contribution is 0.445. The summed E-state index contributed by atoms with van der Waals surface area (Å²) >= 11 is 0. The van der Waals surface area contributed by atoms with E-state index in [1.54, 1.807) is 0 Å². The molecule has 0 spiro atoms. The molecule has 0 aliphatic heterocycles. The minimum atomic E-state index is 0.756. The zero-order valence-electron chi connectivity index (χ0n) is 9.84. The van der Waals surface area contributed by atoms with Gasteiger partial charge in [0.05, 0.1) is 0 Å². The van der Waals surface area contributed by atoms with E-state index >= 15 is 0 Å². The van der Waals surface area contributed by atoms with Gasteiger partial charge in [0.25, 0.3) is 0 Å². The third-order valence-electron chi connectivity index (χ3n) is 2.96. The van der Waals surface area contributed by atoms with Crippen molar-refractivity contribution in [2.75, 3.05) is 0 Å². The molecule has 2 unspecified atom stereocenters. The summed E-state index contributed by atoms with van der Waals surface area (Å²) in [6, 6.07) is 0. The van der Waals surface area contributed by atoms with E-state index in [1.807, 2.05) is 0 Å². The molecule has 0 rings (SSSR count). The van der Waals surface area contributed by atoms with Gasteiger partial charge in [-0.3, -0.25) is 0 Å². The van der Waals surface area contributed by atoms with Gasteiger partial charge in [-0.25, -0.2) is 0 Å². The molecule has 13 heavy (non-hydrogen) atoms. The van der Waals surface area contributed by atoms with E-state index in [1.165, 1.54) is 32.1 Å². The van der Waals surface area contributed by atoms with Gasteiger partial charge in [0, 0.05) is 0 Å². The molecule has 0 aliphatic carbocycles. The van der Waals surface area contributed by atoms with Crippen LogP contribution in [0.3, 0.4) is 0 Å². The summed E-state index contributed by atoms with van der Waals surface area (Å²) in [4.78, 5) is 0. The van der Waals surface area contributed by atoms with E-state index in [9.17, 15) is 0 Å². The number of rotatable bonds is 7. The van der Waals surface area contributed by atoms with Gasteiger partial charge in [0.2, 0.25) is 0 Å². The smallest absolute Gasteiger partial charge is 0.0236 e. The van der Waals surface area contributed by atoms with Gasteiger partial charge >= 0.3 is 0 Å². The fraction of sp³-hybridized carbons (Fsp3) is 0.846. The Morgan fingerprint density at radius 3 is 2.31 bits per heavy atom. The zero-order chi connectivity index (χ0) is 10.1. The molecule has 0 saturated heterocycles. The van der Waals surface area contributed by atoms with E-state index in [2.05, 4.69) is 39.8 Å². The van der Waals surface area contributed by atoms with Crippen molar-refractivity contribution in [3.05, 3.63) is 12.2 Å². The molecule has 0 N–H and O–H groups in total. The maximum atomic E-state index is 2.39. The number of allylic oxidation sites excluding steroid dienone is 2. The second-order valence-electron chi connectivity index (χ2n) is 4.17. The fourth-order valence-corrected chi connectivity index (χ4v) is 1.38. The molecule has 0 aromatic rings. The van der Waals surface area contributed by atoms with Crippen molar-refractivity contribution in [2.45, 2.75) is 59.8 Å². The van der Waals surface area contributed by atoms with Crippen LogP contribution in [0, 0.1) is 11.8 Å². The molecule has 0 bridgehead atoms. The first-order chi connectivity index (χ1) is 6.22. The molecule has 0 radical (unpaired) electrons. The normalized spacial score (nSPS) is 16.3. The van der Waals surface area contributed by atoms with Gasteiger partial charge in [0.1, 0.15) is 0 Å². The molecule has 2 atom stereocenters. The van der Waals surface area contributed by atoms with Gasteiger partial charge < -0.3 is 0 Å². The Kier molecular flexibility index (Phi) is 8.18. The molecule has 0 saturated carbocycles. The molecule has 0 nitrogen and oxygen atoms in total. The summed E-state index contributed by atoms with van der Waals surface area (Å²) in [6.07, 6.45) is 11.4. The molecular formula is C13H26. The van der Waals surface area contributed by atoms with Gasteiger partial charge in [-0.2, -0.15) is 0 Å². The van der Waals surface area contributed by atoms with Crippen molar-refractivity contribution >= 4 is 0 Å². The first-order valence-electron chi connectivity index (χ1n) is 5.89. The van der Waals surface area contributed by atoms with Crippen LogP contribution < -0.4 is 0 Å². The zero-order valence-corrected chi connectivity index (χ0v) is 9.84. The Morgan fingerprint density at radius 1 is 1.08 bits per heavy atom. The Hall–Kier alpha value is -0.260. The van der Waals surface area contributed by atoms with E-state index in [-0.39, 0.29) is 0 Å². The average Bonchev–Trinajstić information content (AvgIpc) is 2.16. The summed E-state index contributed by atoms with van der Waals surface area (Å²) in [5.74, 6) is 1.59. The SMILES string of the molecule is CCCCCC=CC(C)C(C)CC. The first-order valence-corrected chi connectivity index (χ1v) is 5.89. The molecule has 0 heterocycles. The minimum absolute atomic E-state index is 0.756. The van der Waals surface area contributed by atoms with Crippen LogP contribution in [0.1, 0.15) is 59.8 Å². The van der Waals surface area contributed by atoms with Crippen LogP contribution in [-0.4, -0.2) is 0 Å². The largest absolute Gasteiger partial charge is 0.0883 e. The lowest BCUT2D eigenvalue weighted by atomic mass is 9.93. The lowest BCUT2D eigenvalue weighted by Gasteiger charge is -2.13. The van der Waals surface area contributed by atoms with E-state index in [0.717, 1.165) is 11.8 Å². The van der Waals surface area contributed by atoms with Crippen molar-refractivity contribution in [1.82, 2.24) is 0 Å². The third-order valence-corrected chi connectivity index (χ3v) is 2.96. The predicted molar refractivity (Wildman–Crippen MR) is 61.9 cm³/mol. The van der Waals surface area contributed by atoms with Gasteiger partial charge in [-0.15, -0.1) is 0 Å². The molecule has 0 aromatic heterocycles. The van der Waals surface area contributed by atoms with E-state index in [0.29, 0.717) is 0 Å². The van der Waals surface area contributed by atoms with Crippen molar-refractivity contribution < 1.29 is 0 Å². The Balaban J connectivity index is 3.47. The second-order valence-corrected chi connectivity index (χ2v) is 4.17. The fourth-order valence-electron chi connectivity index (χ4n) is 1.38. The highest BCUT2D eigenvalue weighted by atomic mass is 14.1. The summed E-state index contributed by atoms with van der Waals surface area (Å²) in [6.45, 7) is 9.18. The van der Waals surface area contributed by atoms with Crippen LogP contribution in [0.2, 0.25) is 0 Å². The molecular weight excluding hydrogens is 156 g/mol. The number of hydrogen-bond donors (Lipinski definition) is 0. The first kappa shape index (κ1) is 12.7. The predicted octanol–water partition coefficient (Wildman–Crippen LogP) is 4.81. The molecule has 0 amide bonds. The topological polar surface area (TPSA) is 0 Å². The summed E-state index contributed by atoms with van der Waals surface area (Å²) in [5.41, 5.74) is 0. The highest BCUT2D eigenvalue weighted by molar-refractivity contribution is 4.88. The Bertz CT molecular complexity index is 124. The highest BCUT2D eigenvalue weighted by Gasteiger charge is 2.04. The maximum Gasteiger partial charge on any atom is -0.0236 e. The third kappa shape index (κ3) is 6.86. The minimum Gasteiger partial charge on any atom is -0.0883 e. The van der Waals surface area contributed by atoms with Crippen LogP contribution in [0.15, 0.2) is 12.2 Å². The van der Waals surface area contributed by atoms with E-state index in [4.69, 9.17) is 0 Å². The van der Waals surface area contributed by atoms with Crippen LogP contribution >= 0.6 is 0 Å². The van der Waals surface area contributed by atoms with Gasteiger partial charge in [-0.05, 0) is 24.7 Å². The van der Waals surface area contributed by atoms with Gasteiger partial charge in [-0.1, -0.05) is 59.1 Å². The number of hydrogen-bond acceptors (Lipinski definition) is 0. The standard InChI is InChI=1S/C13H26/c1-5-7-8-9-10-11-13(4)12(3)6-2/h10-13H,5-9H2,1-4H3. The Morgan fingerprint density at radius 2 is 1.77 bits per heavy atom. The van der Waals surface area contributed by atoms with Crippen molar-refractivity contribution in [3.63, 3.8) is 0 Å². The van der Waals surface area contributed by atoms with Crippen LogP contribution in [0.4, 0.5) is 0 Å². The average molecular weight is 182 g/mol. The summed E-state index contributed by atoms with van der Waals surface area (Å²) < 4.78 is 0. The number of unbranched alkanes of at least 4 members (excludes halogenated alkanes) is 3. The van der Waals surface area contributed by atoms with Gasteiger partial charge in [0.15, 0.2) is 0 Å².